The molecule has 0 nitrogen and oxygen atoms in total. The predicted octanol–water partition coefficient (Wildman–Crippen LogP) is 6.22. The van der Waals surface area contributed by atoms with Gasteiger partial charge in [-0.1, -0.05) is 0 Å². The van der Waals surface area contributed by atoms with Crippen LogP contribution < -0.4 is 7.74 Å². The van der Waals surface area contributed by atoms with Crippen molar-refractivity contribution in [1.29, 1.82) is 0 Å². The molecule has 2 aliphatic carbocycles. The predicted molar refractivity (Wildman–Crippen MR) is 124 cm³/mol. The Morgan fingerprint density at radius 1 is 0.690 bits per heavy atom. The molecule has 0 bridgehead atoms. The summed E-state index contributed by atoms with van der Waals surface area (Å²) in [7, 11) is 0. The number of allylic oxidation sites excluding steroid dienone is 8. The summed E-state index contributed by atoms with van der Waals surface area (Å²) < 4.78 is 6.56. The molecule has 0 N–H and O–H groups in total. The molecule has 0 saturated heterocycles. The quantitative estimate of drug-likeness (QED) is 0.491. The van der Waals surface area contributed by atoms with E-state index in [4.69, 9.17) is 0 Å². The van der Waals surface area contributed by atoms with E-state index in [9.17, 15) is 0 Å². The van der Waals surface area contributed by atoms with Gasteiger partial charge < -0.3 is 0 Å². The van der Waals surface area contributed by atoms with Gasteiger partial charge in [-0.3, -0.25) is 0 Å². The van der Waals surface area contributed by atoms with E-state index in [1.165, 1.54) is 22.3 Å². The van der Waals surface area contributed by atoms with Crippen molar-refractivity contribution in [3.63, 3.8) is 0 Å². The second-order valence-electron chi connectivity index (χ2n) is 8.39. The van der Waals surface area contributed by atoms with Crippen molar-refractivity contribution < 1.29 is 16.6 Å². The van der Waals surface area contributed by atoms with Crippen LogP contribution in [0.2, 0.25) is 0 Å². The average Bonchev–Trinajstić information content (AvgIpc) is 3.46. The van der Waals surface area contributed by atoms with Gasteiger partial charge in [0.25, 0.3) is 0 Å². The molecule has 4 rings (SSSR count). The number of hydrogen-bond donors (Lipinski definition) is 0. The van der Waals surface area contributed by atoms with Gasteiger partial charge in [-0.2, -0.15) is 0 Å². The van der Waals surface area contributed by atoms with E-state index < -0.39 is 16.6 Å². The fraction of sp³-hybridized carbons (Fsp3) is 0.286. The summed E-state index contributed by atoms with van der Waals surface area (Å²) >= 11 is -2.94. The van der Waals surface area contributed by atoms with Gasteiger partial charge in [0.2, 0.25) is 0 Å². The Morgan fingerprint density at radius 3 is 1.48 bits per heavy atom. The van der Waals surface area contributed by atoms with Gasteiger partial charge in [0.1, 0.15) is 0 Å². The molecule has 0 aromatic heterocycles. The molecule has 0 unspecified atom stereocenters. The van der Waals surface area contributed by atoms with Crippen LogP contribution >= 0.6 is 0 Å². The monoisotopic (exact) mass is 416 g/mol. The maximum absolute atomic E-state index is 2.94. The zero-order valence-corrected chi connectivity index (χ0v) is 19.8. The van der Waals surface area contributed by atoms with E-state index in [1.54, 1.807) is 15.5 Å². The Balaban J connectivity index is 2.05. The Kier molecular flexibility index (Phi) is 5.95. The molecule has 2 aromatic rings. The summed E-state index contributed by atoms with van der Waals surface area (Å²) in [6, 6.07) is 14.8. The van der Waals surface area contributed by atoms with Crippen molar-refractivity contribution in [2.24, 2.45) is 0 Å². The van der Waals surface area contributed by atoms with Crippen molar-refractivity contribution in [3.8, 4) is 0 Å². The van der Waals surface area contributed by atoms with Gasteiger partial charge >= 0.3 is 181 Å². The Labute approximate surface area is 180 Å². The third-order valence-electron chi connectivity index (χ3n) is 6.83. The van der Waals surface area contributed by atoms with Crippen LogP contribution in [0.3, 0.4) is 0 Å². The second-order valence-corrected chi connectivity index (χ2v) is 14.5. The van der Waals surface area contributed by atoms with E-state index in [1.807, 2.05) is 0 Å². The van der Waals surface area contributed by atoms with Gasteiger partial charge in [-0.25, -0.2) is 0 Å². The fourth-order valence-electron chi connectivity index (χ4n) is 5.14. The van der Waals surface area contributed by atoms with Crippen LogP contribution in [0.1, 0.15) is 48.9 Å². The van der Waals surface area contributed by atoms with Crippen molar-refractivity contribution in [2.75, 3.05) is 0 Å². The molecular weight excluding hydrogens is 384 g/mol. The summed E-state index contributed by atoms with van der Waals surface area (Å²) in [5.41, 5.74) is 5.84. The van der Waals surface area contributed by atoms with Crippen LogP contribution in [0, 0.1) is 13.8 Å². The molecule has 2 aromatic carbocycles. The third kappa shape index (κ3) is 3.47. The first kappa shape index (κ1) is 20.4. The van der Waals surface area contributed by atoms with Crippen LogP contribution in [-0.4, -0.2) is 0 Å². The second kappa shape index (κ2) is 8.46. The summed E-state index contributed by atoms with van der Waals surface area (Å²) in [5.74, 6) is 0. The summed E-state index contributed by atoms with van der Waals surface area (Å²) in [4.78, 5) is 0. The molecule has 0 radical (unpaired) electrons. The Hall–Kier alpha value is -1.89. The third-order valence-corrected chi connectivity index (χ3v) is 14.7. The van der Waals surface area contributed by atoms with Crippen LogP contribution in [0.4, 0.5) is 0 Å². The van der Waals surface area contributed by atoms with Crippen molar-refractivity contribution in [1.82, 2.24) is 0 Å². The Morgan fingerprint density at radius 2 is 1.14 bits per heavy atom. The van der Waals surface area contributed by atoms with Crippen molar-refractivity contribution in [2.45, 2.75) is 53.4 Å². The van der Waals surface area contributed by atoms with Crippen LogP contribution in [0.5, 0.6) is 0 Å². The molecule has 0 spiro atoms. The summed E-state index contributed by atoms with van der Waals surface area (Å²) in [6.45, 7) is 9.08. The van der Waals surface area contributed by atoms with E-state index >= 15 is 0 Å². The molecule has 0 aliphatic heterocycles. The standard InChI is InChI=1S/2C9H11.2C5H5.Ti/c2*1-3-9-7-5-4-6-8(9)2;2*1-2-4-5-3-1;/h2*4,6-7H,3H2,1-2H3;2*1-3H,4H2;. The first-order valence-corrected chi connectivity index (χ1v) is 14.2. The molecular formula is C28H32Ti. The SMILES string of the molecule is CCc1c[c]([Ti]([C]2=CC=CC2)([C]2=CC=CC2)[c]2ccc(C)c(CC)c2)ccc1C. The number of hydrogen-bond acceptors (Lipinski definition) is 0. The van der Waals surface area contributed by atoms with E-state index in [0.29, 0.717) is 0 Å². The molecule has 29 heavy (non-hydrogen) atoms. The van der Waals surface area contributed by atoms with E-state index in [2.05, 4.69) is 101 Å². The fourth-order valence-corrected chi connectivity index (χ4v) is 13.3. The number of rotatable bonds is 6. The summed E-state index contributed by atoms with van der Waals surface area (Å²) in [5, 5.41) is 0. The van der Waals surface area contributed by atoms with Gasteiger partial charge in [0.05, 0.1) is 0 Å². The van der Waals surface area contributed by atoms with Crippen LogP contribution in [0.15, 0.2) is 80.6 Å². The minimum absolute atomic E-state index is 1.10. The molecule has 2 aliphatic rings. The van der Waals surface area contributed by atoms with Gasteiger partial charge in [0.15, 0.2) is 0 Å². The zero-order chi connectivity index (χ0) is 20.4. The molecule has 0 fully saturated rings. The topological polar surface area (TPSA) is 0 Å². The van der Waals surface area contributed by atoms with E-state index in [-0.39, 0.29) is 0 Å². The maximum atomic E-state index is 2.55. The molecule has 0 heterocycles. The van der Waals surface area contributed by atoms with Crippen LogP contribution in [0.25, 0.3) is 0 Å². The first-order chi connectivity index (χ1) is 14.1. The van der Waals surface area contributed by atoms with Gasteiger partial charge in [-0.05, 0) is 0 Å². The van der Waals surface area contributed by atoms with Gasteiger partial charge in [-0.15, -0.1) is 0 Å². The average molecular weight is 416 g/mol. The number of benzene rings is 2. The van der Waals surface area contributed by atoms with Crippen molar-refractivity contribution in [3.05, 3.63) is 103 Å². The minimum atomic E-state index is -2.94. The first-order valence-electron chi connectivity index (χ1n) is 11.0. The number of aryl methyl sites for hydroxylation is 4. The summed E-state index contributed by atoms with van der Waals surface area (Å²) in [6.07, 6.45) is 18.5. The molecule has 148 valence electrons. The molecule has 0 atom stereocenters. The van der Waals surface area contributed by atoms with Crippen molar-refractivity contribution >= 4 is 7.74 Å². The van der Waals surface area contributed by atoms with E-state index in [0.717, 1.165) is 25.7 Å². The van der Waals surface area contributed by atoms with Gasteiger partial charge in [0, 0.05) is 0 Å². The Bertz CT molecular complexity index is 960. The molecule has 0 saturated carbocycles. The van der Waals surface area contributed by atoms with Crippen LogP contribution in [-0.2, 0) is 29.4 Å². The zero-order valence-electron chi connectivity index (χ0n) is 18.3. The normalized spacial score (nSPS) is 15.7. The molecule has 1 heteroatoms. The molecule has 0 amide bonds.